The molecule has 0 radical (unpaired) electrons. The van der Waals surface area contributed by atoms with E-state index in [2.05, 4.69) is 15.8 Å². The van der Waals surface area contributed by atoms with E-state index in [9.17, 15) is 9.59 Å². The molecule has 0 saturated heterocycles. The van der Waals surface area contributed by atoms with Crippen LogP contribution in [-0.4, -0.2) is 53.0 Å². The molecule has 0 spiro atoms. The lowest BCUT2D eigenvalue weighted by molar-refractivity contribution is -0.120. The molecule has 0 aromatic heterocycles. The third-order valence-electron chi connectivity index (χ3n) is 3.85. The van der Waals surface area contributed by atoms with Gasteiger partial charge in [0.2, 0.25) is 0 Å². The van der Waals surface area contributed by atoms with E-state index in [4.69, 9.17) is 18.9 Å². The van der Waals surface area contributed by atoms with E-state index in [0.717, 1.165) is 0 Å². The first-order valence-corrected chi connectivity index (χ1v) is 8.56. The number of hydrazone groups is 1. The van der Waals surface area contributed by atoms with E-state index in [1.54, 1.807) is 36.4 Å². The summed E-state index contributed by atoms with van der Waals surface area (Å²) in [6.07, 6.45) is 1.42. The van der Waals surface area contributed by atoms with E-state index in [1.807, 2.05) is 0 Å². The van der Waals surface area contributed by atoms with E-state index in [1.165, 1.54) is 34.7 Å². The van der Waals surface area contributed by atoms with Crippen molar-refractivity contribution in [1.29, 1.82) is 0 Å². The number of methoxy groups -OCH3 is 4. The zero-order valence-corrected chi connectivity index (χ0v) is 16.6. The number of hydrogen-bond acceptors (Lipinski definition) is 7. The smallest absolute Gasteiger partial charge is 0.259 e. The lowest BCUT2D eigenvalue weighted by Crippen LogP contribution is -2.34. The lowest BCUT2D eigenvalue weighted by Gasteiger charge is -2.10. The molecule has 0 saturated carbocycles. The van der Waals surface area contributed by atoms with Gasteiger partial charge in [0.05, 0.1) is 41.2 Å². The number of carbonyl (C=O) groups excluding carboxylic acids is 2. The average molecular weight is 401 g/mol. The number of nitrogens with zero attached hydrogens (tertiary/aromatic N) is 1. The second-order valence-corrected chi connectivity index (χ2v) is 5.66. The van der Waals surface area contributed by atoms with Crippen molar-refractivity contribution in [3.63, 3.8) is 0 Å². The van der Waals surface area contributed by atoms with Crippen molar-refractivity contribution < 1.29 is 28.5 Å². The third-order valence-corrected chi connectivity index (χ3v) is 3.85. The van der Waals surface area contributed by atoms with Gasteiger partial charge < -0.3 is 24.3 Å². The summed E-state index contributed by atoms with van der Waals surface area (Å²) in [5.41, 5.74) is 3.27. The van der Waals surface area contributed by atoms with Crippen LogP contribution in [0.2, 0.25) is 0 Å². The molecule has 0 atom stereocenters. The summed E-state index contributed by atoms with van der Waals surface area (Å²) < 4.78 is 20.7. The van der Waals surface area contributed by atoms with Gasteiger partial charge in [0.25, 0.3) is 11.8 Å². The normalized spacial score (nSPS) is 10.3. The molecule has 29 heavy (non-hydrogen) atoms. The molecule has 9 heteroatoms. The van der Waals surface area contributed by atoms with Crippen molar-refractivity contribution in [1.82, 2.24) is 10.7 Å². The zero-order valence-electron chi connectivity index (χ0n) is 16.6. The number of ether oxygens (including phenoxy) is 4. The summed E-state index contributed by atoms with van der Waals surface area (Å²) in [5.74, 6) is 1.03. The molecule has 9 nitrogen and oxygen atoms in total. The Labute approximate surface area is 168 Å². The SMILES string of the molecule is COc1cc(OC)cc(C(=O)NCC(=O)N/N=C\c2cccc(OC)c2OC)c1. The predicted octanol–water partition coefficient (Wildman–Crippen LogP) is 1.60. The minimum absolute atomic E-state index is 0.259. The van der Waals surface area contributed by atoms with Crippen molar-refractivity contribution in [3.8, 4) is 23.0 Å². The van der Waals surface area contributed by atoms with Gasteiger partial charge in [0.15, 0.2) is 11.5 Å². The highest BCUT2D eigenvalue weighted by atomic mass is 16.5. The van der Waals surface area contributed by atoms with Gasteiger partial charge in [-0.1, -0.05) is 6.07 Å². The fourth-order valence-electron chi connectivity index (χ4n) is 2.43. The first-order valence-electron chi connectivity index (χ1n) is 8.56. The number of rotatable bonds is 9. The topological polar surface area (TPSA) is 107 Å². The molecule has 0 heterocycles. The average Bonchev–Trinajstić information content (AvgIpc) is 2.76. The van der Waals surface area contributed by atoms with Gasteiger partial charge in [-0.05, 0) is 24.3 Å². The summed E-state index contributed by atoms with van der Waals surface area (Å²) in [6, 6.07) is 10.0. The molecule has 0 aliphatic heterocycles. The minimum Gasteiger partial charge on any atom is -0.497 e. The van der Waals surface area contributed by atoms with Crippen molar-refractivity contribution in [2.45, 2.75) is 0 Å². The quantitative estimate of drug-likeness (QED) is 0.488. The van der Waals surface area contributed by atoms with Crippen LogP contribution in [0.4, 0.5) is 0 Å². The fourth-order valence-corrected chi connectivity index (χ4v) is 2.43. The molecule has 0 aliphatic rings. The fraction of sp³-hybridized carbons (Fsp3) is 0.250. The molecule has 2 amide bonds. The molecule has 154 valence electrons. The maximum atomic E-state index is 12.3. The molecule has 2 aromatic carbocycles. The van der Waals surface area contributed by atoms with Crippen LogP contribution in [-0.2, 0) is 4.79 Å². The molecule has 2 N–H and O–H groups in total. The third kappa shape index (κ3) is 5.86. The maximum Gasteiger partial charge on any atom is 0.259 e. The van der Waals surface area contributed by atoms with Gasteiger partial charge in [-0.15, -0.1) is 0 Å². The summed E-state index contributed by atoms with van der Waals surface area (Å²) >= 11 is 0. The summed E-state index contributed by atoms with van der Waals surface area (Å²) in [7, 11) is 6.01. The van der Waals surface area contributed by atoms with Crippen LogP contribution in [0, 0.1) is 0 Å². The Bertz CT molecular complexity index is 876. The molecule has 0 fully saturated rings. The lowest BCUT2D eigenvalue weighted by atomic mass is 10.2. The van der Waals surface area contributed by atoms with E-state index < -0.39 is 11.8 Å². The second kappa shape index (κ2) is 10.5. The number of para-hydroxylation sites is 1. The maximum absolute atomic E-state index is 12.3. The van der Waals surface area contributed by atoms with Crippen LogP contribution in [0.15, 0.2) is 41.5 Å². The molecule has 2 aromatic rings. The Morgan fingerprint density at radius 2 is 1.66 bits per heavy atom. The van der Waals surface area contributed by atoms with Gasteiger partial charge in [-0.3, -0.25) is 9.59 Å². The highest BCUT2D eigenvalue weighted by Crippen LogP contribution is 2.29. The molecular weight excluding hydrogens is 378 g/mol. The first-order chi connectivity index (χ1) is 14.0. The van der Waals surface area contributed by atoms with Gasteiger partial charge >= 0.3 is 0 Å². The molecular formula is C20H23N3O6. The standard InChI is InChI=1S/C20H23N3O6/c1-26-15-8-14(9-16(10-15)27-2)20(25)21-12-18(24)23-22-11-13-6-5-7-17(28-3)19(13)29-4/h5-11H,12H2,1-4H3,(H,21,25)(H,23,24)/b22-11-. The van der Waals surface area contributed by atoms with Crippen LogP contribution in [0.1, 0.15) is 15.9 Å². The van der Waals surface area contributed by atoms with Gasteiger partial charge in [-0.25, -0.2) is 5.43 Å². The van der Waals surface area contributed by atoms with Gasteiger partial charge in [-0.2, -0.15) is 5.10 Å². The molecule has 0 unspecified atom stereocenters. The zero-order chi connectivity index (χ0) is 21.2. The van der Waals surface area contributed by atoms with Gasteiger partial charge in [0, 0.05) is 17.2 Å². The number of amides is 2. The van der Waals surface area contributed by atoms with E-state index in [-0.39, 0.29) is 6.54 Å². The number of nitrogens with one attached hydrogen (secondary N) is 2. The molecule has 0 aliphatic carbocycles. The highest BCUT2D eigenvalue weighted by molar-refractivity contribution is 5.97. The monoisotopic (exact) mass is 401 g/mol. The van der Waals surface area contributed by atoms with Crippen molar-refractivity contribution in [3.05, 3.63) is 47.5 Å². The molecule has 0 bridgehead atoms. The Morgan fingerprint density at radius 1 is 0.966 bits per heavy atom. The Hall–Kier alpha value is -3.75. The van der Waals surface area contributed by atoms with Crippen LogP contribution >= 0.6 is 0 Å². The Morgan fingerprint density at radius 3 is 2.24 bits per heavy atom. The summed E-state index contributed by atoms with van der Waals surface area (Å²) in [6.45, 7) is -0.259. The summed E-state index contributed by atoms with van der Waals surface area (Å²) in [5, 5.41) is 6.39. The van der Waals surface area contributed by atoms with Crippen molar-refractivity contribution in [2.75, 3.05) is 35.0 Å². The second-order valence-electron chi connectivity index (χ2n) is 5.66. The predicted molar refractivity (Wildman–Crippen MR) is 107 cm³/mol. The van der Waals surface area contributed by atoms with E-state index >= 15 is 0 Å². The Kier molecular flexibility index (Phi) is 7.84. The number of carbonyl (C=O) groups is 2. The van der Waals surface area contributed by atoms with Gasteiger partial charge in [0.1, 0.15) is 11.5 Å². The summed E-state index contributed by atoms with van der Waals surface area (Å²) in [4.78, 5) is 24.2. The number of benzene rings is 2. The van der Waals surface area contributed by atoms with Crippen LogP contribution in [0.25, 0.3) is 0 Å². The highest BCUT2D eigenvalue weighted by Gasteiger charge is 2.11. The minimum atomic E-state index is -0.494. The molecule has 2 rings (SSSR count). The first kappa shape index (κ1) is 21.5. The van der Waals surface area contributed by atoms with Crippen LogP contribution in [0.5, 0.6) is 23.0 Å². The van der Waals surface area contributed by atoms with Crippen molar-refractivity contribution in [2.24, 2.45) is 5.10 Å². The van der Waals surface area contributed by atoms with Crippen molar-refractivity contribution >= 4 is 18.0 Å². The van der Waals surface area contributed by atoms with Crippen LogP contribution in [0.3, 0.4) is 0 Å². The van der Waals surface area contributed by atoms with Crippen LogP contribution < -0.4 is 29.7 Å². The van der Waals surface area contributed by atoms with E-state index in [0.29, 0.717) is 34.1 Å². The number of hydrogen-bond donors (Lipinski definition) is 2. The Balaban J connectivity index is 1.94. The largest absolute Gasteiger partial charge is 0.497 e.